The van der Waals surface area contributed by atoms with Crippen LogP contribution in [0.4, 0.5) is 24.1 Å². The topological polar surface area (TPSA) is 114 Å². The smallest absolute Gasteiger partial charge is 0.310 e. The van der Waals surface area contributed by atoms with E-state index in [0.717, 1.165) is 23.6 Å². The minimum absolute atomic E-state index is 0. The van der Waals surface area contributed by atoms with Crippen LogP contribution < -0.4 is 10.0 Å². The minimum Gasteiger partial charge on any atom is -0.310 e. The molecular weight excluding hydrogens is 479 g/mol. The highest BCUT2D eigenvalue weighted by molar-refractivity contribution is 7.92. The van der Waals surface area contributed by atoms with Crippen LogP contribution in [0.5, 0.6) is 0 Å². The van der Waals surface area contributed by atoms with Gasteiger partial charge in [-0.25, -0.2) is 18.4 Å². The normalized spacial score (nSPS) is 12.4. The molecule has 13 heteroatoms. The lowest BCUT2D eigenvalue weighted by Crippen LogP contribution is -2.35. The molecule has 0 unspecified atom stereocenters. The number of carbonyl (C=O) groups excluding carboxylic acids is 1. The molecule has 0 aliphatic rings. The first-order valence-electron chi connectivity index (χ1n) is 9.58. The van der Waals surface area contributed by atoms with Crippen molar-refractivity contribution in [2.45, 2.75) is 32.4 Å². The van der Waals surface area contributed by atoms with E-state index in [4.69, 9.17) is 0 Å². The van der Waals surface area contributed by atoms with Gasteiger partial charge in [-0.1, -0.05) is 0 Å². The number of halogens is 3. The summed E-state index contributed by atoms with van der Waals surface area (Å²) in [5, 5.41) is 4.39. The Morgan fingerprint density at radius 1 is 1.15 bits per heavy atom. The van der Waals surface area contributed by atoms with E-state index in [1.807, 2.05) is 0 Å². The molecule has 2 N–H and O–H groups in total. The van der Waals surface area contributed by atoms with E-state index >= 15 is 0 Å². The second-order valence-electron chi connectivity index (χ2n) is 7.51. The Hall–Kier alpha value is -3.06. The molecule has 3 heterocycles. The summed E-state index contributed by atoms with van der Waals surface area (Å²) >= 11 is 1.06. The Bertz CT molecular complexity index is 1270. The summed E-state index contributed by atoms with van der Waals surface area (Å²) in [6, 6.07) is 3.96. The van der Waals surface area contributed by atoms with Crippen LogP contribution in [-0.4, -0.2) is 35.0 Å². The first-order valence-corrected chi connectivity index (χ1v) is 12.1. The molecule has 0 radical (unpaired) electrons. The fourth-order valence-corrected chi connectivity index (χ4v) is 4.34. The molecule has 0 atom stereocenters. The van der Waals surface area contributed by atoms with Crippen LogP contribution in [0.25, 0.3) is 11.1 Å². The largest absolute Gasteiger partial charge is 0.417 e. The Balaban J connectivity index is 0.00000306. The molecule has 3 aromatic rings. The van der Waals surface area contributed by atoms with Crippen LogP contribution in [0.2, 0.25) is 0 Å². The van der Waals surface area contributed by atoms with Gasteiger partial charge in [0.05, 0.1) is 22.4 Å². The van der Waals surface area contributed by atoms with E-state index in [9.17, 15) is 26.4 Å². The maximum Gasteiger partial charge on any atom is 0.417 e. The summed E-state index contributed by atoms with van der Waals surface area (Å²) in [7, 11) is -3.49. The van der Waals surface area contributed by atoms with Gasteiger partial charge < -0.3 is 5.32 Å². The van der Waals surface area contributed by atoms with Gasteiger partial charge >= 0.3 is 6.18 Å². The van der Waals surface area contributed by atoms with E-state index in [-0.39, 0.29) is 25.1 Å². The predicted molar refractivity (Wildman–Crippen MR) is 124 cm³/mol. The molecule has 0 saturated heterocycles. The SMILES string of the molecule is CCS(=O)(=O)Nc1nc(C(C)(C)C(=O)Nc2ccc(-c3cncc(C(F)(F)F)c3)cn2)cs1.[HH].[HH]. The van der Waals surface area contributed by atoms with E-state index in [2.05, 4.69) is 25.0 Å². The summed E-state index contributed by atoms with van der Waals surface area (Å²) in [6.45, 7) is 4.74. The number of amides is 1. The monoisotopic (exact) mass is 503 g/mol. The third-order valence-corrected chi connectivity index (χ3v) is 6.89. The lowest BCUT2D eigenvalue weighted by atomic mass is 9.89. The summed E-state index contributed by atoms with van der Waals surface area (Å²) < 4.78 is 64.5. The molecule has 3 aromatic heterocycles. The first-order chi connectivity index (χ1) is 15.3. The summed E-state index contributed by atoms with van der Waals surface area (Å²) in [6.07, 6.45) is -1.15. The first kappa shape index (κ1) is 24.6. The molecule has 3 rings (SSSR count). The number of aromatic nitrogens is 3. The molecule has 0 bridgehead atoms. The van der Waals surface area contributed by atoms with Crippen molar-refractivity contribution in [2.24, 2.45) is 0 Å². The molecule has 0 aliphatic carbocycles. The van der Waals surface area contributed by atoms with Crippen molar-refractivity contribution in [3.05, 3.63) is 53.4 Å². The van der Waals surface area contributed by atoms with Crippen molar-refractivity contribution < 1.29 is 29.2 Å². The molecule has 0 spiro atoms. The molecule has 0 saturated carbocycles. The second kappa shape index (κ2) is 9.06. The molecular formula is C20H24F3N5O3S2. The highest BCUT2D eigenvalue weighted by Crippen LogP contribution is 2.32. The standard InChI is InChI=1S/C20H20F3N5O3S2.2H2/c1-4-33(30,31)28-18-26-15(11-32-18)19(2,3)17(29)27-16-6-5-12(9-25-16)13-7-14(10-24-8-13)20(21,22)23;;/h5-11H,4H2,1-3H3,(H,26,28)(H,25,27,29);2*1H. The number of carbonyl (C=O) groups is 1. The second-order valence-corrected chi connectivity index (χ2v) is 10.4. The Morgan fingerprint density at radius 3 is 2.48 bits per heavy atom. The number of nitrogens with zero attached hydrogens (tertiary/aromatic N) is 3. The number of sulfonamides is 1. The summed E-state index contributed by atoms with van der Waals surface area (Å²) in [5.41, 5.74) is -0.982. The number of nitrogens with one attached hydrogen (secondary N) is 2. The fourth-order valence-electron chi connectivity index (χ4n) is 2.59. The molecule has 0 aromatic carbocycles. The zero-order chi connectivity index (χ0) is 24.4. The number of alkyl halides is 3. The number of hydrogen-bond donors (Lipinski definition) is 2. The van der Waals surface area contributed by atoms with Crippen LogP contribution >= 0.6 is 11.3 Å². The van der Waals surface area contributed by atoms with Crippen LogP contribution in [0.3, 0.4) is 0 Å². The average Bonchev–Trinajstić information content (AvgIpc) is 3.22. The minimum atomic E-state index is -4.51. The molecule has 0 fully saturated rings. The Kier molecular flexibility index (Phi) is 6.75. The average molecular weight is 504 g/mol. The maximum atomic E-state index is 12.9. The van der Waals surface area contributed by atoms with Gasteiger partial charge in [0.15, 0.2) is 5.13 Å². The molecule has 8 nitrogen and oxygen atoms in total. The van der Waals surface area contributed by atoms with E-state index in [1.165, 1.54) is 31.5 Å². The lowest BCUT2D eigenvalue weighted by molar-refractivity contribution is -0.137. The Morgan fingerprint density at radius 2 is 1.88 bits per heavy atom. The van der Waals surface area contributed by atoms with Crippen molar-refractivity contribution >= 4 is 38.2 Å². The zero-order valence-electron chi connectivity index (χ0n) is 17.8. The Labute approximate surface area is 195 Å². The maximum absolute atomic E-state index is 12.9. The van der Waals surface area contributed by atoms with E-state index in [0.29, 0.717) is 11.3 Å². The lowest BCUT2D eigenvalue weighted by Gasteiger charge is -2.21. The van der Waals surface area contributed by atoms with Gasteiger partial charge in [0, 0.05) is 38.0 Å². The van der Waals surface area contributed by atoms with Gasteiger partial charge in [-0.05, 0) is 39.0 Å². The highest BCUT2D eigenvalue weighted by atomic mass is 32.2. The van der Waals surface area contributed by atoms with Crippen molar-refractivity contribution in [3.63, 3.8) is 0 Å². The molecule has 0 aliphatic heterocycles. The van der Waals surface area contributed by atoms with Crippen LogP contribution in [0, 0.1) is 0 Å². The third kappa shape index (κ3) is 5.85. The van der Waals surface area contributed by atoms with Gasteiger partial charge in [-0.3, -0.25) is 14.5 Å². The van der Waals surface area contributed by atoms with Crippen molar-refractivity contribution in [3.8, 4) is 11.1 Å². The summed E-state index contributed by atoms with van der Waals surface area (Å²) in [4.78, 5) is 24.8. The summed E-state index contributed by atoms with van der Waals surface area (Å²) in [5.74, 6) is -0.359. The van der Waals surface area contributed by atoms with Gasteiger partial charge in [-0.2, -0.15) is 13.2 Å². The van der Waals surface area contributed by atoms with E-state index in [1.54, 1.807) is 19.2 Å². The van der Waals surface area contributed by atoms with Gasteiger partial charge in [0.1, 0.15) is 5.82 Å². The fraction of sp³-hybridized carbons (Fsp3) is 0.300. The van der Waals surface area contributed by atoms with Crippen molar-refractivity contribution in [1.29, 1.82) is 0 Å². The zero-order valence-corrected chi connectivity index (χ0v) is 19.4. The van der Waals surface area contributed by atoms with Gasteiger partial charge in [-0.15, -0.1) is 11.3 Å². The highest BCUT2D eigenvalue weighted by Gasteiger charge is 2.33. The number of thiazole rings is 1. The van der Waals surface area contributed by atoms with Crippen molar-refractivity contribution in [1.82, 2.24) is 15.0 Å². The predicted octanol–water partition coefficient (Wildman–Crippen LogP) is 4.79. The number of anilines is 2. The number of rotatable bonds is 7. The van der Waals surface area contributed by atoms with Gasteiger partial charge in [0.25, 0.3) is 0 Å². The van der Waals surface area contributed by atoms with Crippen LogP contribution in [0.15, 0.2) is 42.2 Å². The van der Waals surface area contributed by atoms with Crippen molar-refractivity contribution in [2.75, 3.05) is 15.8 Å². The number of pyridine rings is 2. The molecule has 1 amide bonds. The van der Waals surface area contributed by atoms with Crippen LogP contribution in [-0.2, 0) is 26.4 Å². The number of hydrogen-bond acceptors (Lipinski definition) is 7. The van der Waals surface area contributed by atoms with Crippen LogP contribution in [0.1, 0.15) is 34.9 Å². The van der Waals surface area contributed by atoms with E-state index < -0.39 is 33.1 Å². The quantitative estimate of drug-likeness (QED) is 0.479. The van der Waals surface area contributed by atoms with Gasteiger partial charge in [0.2, 0.25) is 15.9 Å². The molecule has 180 valence electrons. The third-order valence-electron chi connectivity index (χ3n) is 4.74. The molecule has 33 heavy (non-hydrogen) atoms.